The molecule has 0 fully saturated rings. The van der Waals surface area contributed by atoms with Crippen molar-refractivity contribution in [3.05, 3.63) is 107 Å². The van der Waals surface area contributed by atoms with Gasteiger partial charge in [0.1, 0.15) is 16.9 Å². The minimum atomic E-state index is -0.136. The predicted molar refractivity (Wildman–Crippen MR) is 182 cm³/mol. The van der Waals surface area contributed by atoms with Gasteiger partial charge in [0.15, 0.2) is 0 Å². The van der Waals surface area contributed by atoms with E-state index in [0.717, 1.165) is 67.0 Å². The normalized spacial score (nSPS) is 12.3. The van der Waals surface area contributed by atoms with E-state index >= 15 is 0 Å². The van der Waals surface area contributed by atoms with E-state index in [1.807, 2.05) is 13.1 Å². The predicted octanol–water partition coefficient (Wildman–Crippen LogP) is 10.4. The number of fused-ring (bicyclic) bond motifs is 4. The van der Waals surface area contributed by atoms with Crippen LogP contribution in [0, 0.1) is 20.8 Å². The molecule has 3 aromatic carbocycles. The molecule has 0 bridgehead atoms. The highest BCUT2D eigenvalue weighted by Gasteiger charge is 2.26. The van der Waals surface area contributed by atoms with E-state index in [0.29, 0.717) is 5.71 Å². The lowest BCUT2D eigenvalue weighted by molar-refractivity contribution is 0.587. The summed E-state index contributed by atoms with van der Waals surface area (Å²) in [5, 5.41) is 2.12. The van der Waals surface area contributed by atoms with Crippen molar-refractivity contribution < 1.29 is 4.42 Å². The molecule has 0 saturated heterocycles. The van der Waals surface area contributed by atoms with Gasteiger partial charge in [-0.1, -0.05) is 77.1 Å². The maximum Gasteiger partial charge on any atom is 0.227 e. The molecule has 0 N–H and O–H groups in total. The summed E-state index contributed by atoms with van der Waals surface area (Å²) in [6.45, 7) is 17.5. The Labute approximate surface area is 258 Å². The largest absolute Gasteiger partial charge is 0.437 e. The van der Waals surface area contributed by atoms with Crippen LogP contribution in [0.5, 0.6) is 0 Å². The summed E-state index contributed by atoms with van der Waals surface area (Å²) >= 11 is 0. The van der Waals surface area contributed by atoms with Crippen molar-refractivity contribution in [2.24, 2.45) is 0 Å². The van der Waals surface area contributed by atoms with Crippen molar-refractivity contribution in [1.82, 2.24) is 19.5 Å². The average molecular weight is 579 g/mol. The standard InChI is InChI=1S/C39H38N4O/c1-22(2)31-20-34-32(21-40-31)42-37(28-16-14-23(3)35-29-18-24(4)25(5)41-38(29)44-36(28)35)43(34)33-17-15-27(19-30(33)39(6,7)8)26-12-10-9-11-13-26/h9-22H,1-8H3. The van der Waals surface area contributed by atoms with E-state index in [1.165, 1.54) is 16.7 Å². The van der Waals surface area contributed by atoms with E-state index in [2.05, 4.69) is 126 Å². The monoisotopic (exact) mass is 578 g/mol. The molecule has 220 valence electrons. The van der Waals surface area contributed by atoms with Crippen molar-refractivity contribution >= 4 is 33.1 Å². The highest BCUT2D eigenvalue weighted by Crippen LogP contribution is 2.42. The molecule has 0 amide bonds. The van der Waals surface area contributed by atoms with Gasteiger partial charge in [0.2, 0.25) is 5.71 Å². The fraction of sp³-hybridized carbons (Fsp3) is 0.256. The number of aromatic nitrogens is 4. The Bertz CT molecular complexity index is 2210. The number of hydrogen-bond acceptors (Lipinski definition) is 4. The topological polar surface area (TPSA) is 56.7 Å². The maximum absolute atomic E-state index is 6.60. The van der Waals surface area contributed by atoms with Gasteiger partial charge in [-0.05, 0) is 90.3 Å². The lowest BCUT2D eigenvalue weighted by atomic mass is 9.83. The van der Waals surface area contributed by atoms with E-state index in [9.17, 15) is 0 Å². The molecule has 44 heavy (non-hydrogen) atoms. The van der Waals surface area contributed by atoms with E-state index in [4.69, 9.17) is 19.4 Å². The van der Waals surface area contributed by atoms with Crippen molar-refractivity contribution in [3.8, 4) is 28.2 Å². The molecule has 0 radical (unpaired) electrons. The number of rotatable bonds is 4. The van der Waals surface area contributed by atoms with E-state index in [-0.39, 0.29) is 11.3 Å². The van der Waals surface area contributed by atoms with Crippen LogP contribution in [0.1, 0.15) is 68.6 Å². The molecule has 0 unspecified atom stereocenters. The van der Waals surface area contributed by atoms with Crippen molar-refractivity contribution in [2.45, 2.75) is 66.7 Å². The van der Waals surface area contributed by atoms with Crippen LogP contribution < -0.4 is 0 Å². The van der Waals surface area contributed by atoms with Gasteiger partial charge in [0, 0.05) is 22.2 Å². The first-order valence-electron chi connectivity index (χ1n) is 15.4. The van der Waals surface area contributed by atoms with Gasteiger partial charge < -0.3 is 4.42 Å². The van der Waals surface area contributed by atoms with Crippen LogP contribution >= 0.6 is 0 Å². The minimum Gasteiger partial charge on any atom is -0.437 e. The Hall–Kier alpha value is -4.77. The molecule has 5 nitrogen and oxygen atoms in total. The van der Waals surface area contributed by atoms with Crippen LogP contribution in [0.25, 0.3) is 61.3 Å². The maximum atomic E-state index is 6.60. The Balaban J connectivity index is 1.58. The smallest absolute Gasteiger partial charge is 0.227 e. The summed E-state index contributed by atoms with van der Waals surface area (Å²) in [6, 6.07) is 26.1. The second-order valence-electron chi connectivity index (χ2n) is 13.4. The molecule has 0 saturated carbocycles. The number of furan rings is 1. The quantitative estimate of drug-likeness (QED) is 0.208. The van der Waals surface area contributed by atoms with Crippen molar-refractivity contribution in [1.29, 1.82) is 0 Å². The number of hydrogen-bond donors (Lipinski definition) is 0. The van der Waals surface area contributed by atoms with Gasteiger partial charge in [-0.15, -0.1) is 0 Å². The number of aryl methyl sites for hydroxylation is 3. The molecule has 4 aromatic heterocycles. The molecule has 0 aliphatic rings. The highest BCUT2D eigenvalue weighted by molar-refractivity contribution is 6.10. The number of imidazole rings is 1. The Kier molecular flexibility index (Phi) is 6.47. The first-order valence-corrected chi connectivity index (χ1v) is 15.4. The summed E-state index contributed by atoms with van der Waals surface area (Å²) in [7, 11) is 0. The second kappa shape index (κ2) is 10.2. The van der Waals surface area contributed by atoms with E-state index < -0.39 is 0 Å². The lowest BCUT2D eigenvalue weighted by Crippen LogP contribution is -2.16. The van der Waals surface area contributed by atoms with Gasteiger partial charge >= 0.3 is 0 Å². The summed E-state index contributed by atoms with van der Waals surface area (Å²) in [4.78, 5) is 14.9. The van der Waals surface area contributed by atoms with Crippen LogP contribution in [0.3, 0.4) is 0 Å². The molecule has 4 heterocycles. The number of nitrogens with zero attached hydrogens (tertiary/aromatic N) is 4. The molecule has 5 heteroatoms. The molecule has 0 aliphatic heterocycles. The number of benzene rings is 3. The SMILES string of the molecule is Cc1cc2c(nc1C)oc1c(-c3nc4cnc(C(C)C)cc4n3-c3ccc(-c4ccccc4)cc3C(C)(C)C)ccc(C)c12. The Morgan fingerprint density at radius 1 is 0.795 bits per heavy atom. The van der Waals surface area contributed by atoms with Crippen LogP contribution in [-0.4, -0.2) is 19.5 Å². The average Bonchev–Trinajstić information content (AvgIpc) is 3.55. The molecular weight excluding hydrogens is 540 g/mol. The summed E-state index contributed by atoms with van der Waals surface area (Å²) < 4.78 is 8.92. The lowest BCUT2D eigenvalue weighted by Gasteiger charge is -2.25. The van der Waals surface area contributed by atoms with Crippen molar-refractivity contribution in [3.63, 3.8) is 0 Å². The second-order valence-corrected chi connectivity index (χ2v) is 13.4. The van der Waals surface area contributed by atoms with Crippen LogP contribution in [0.2, 0.25) is 0 Å². The fourth-order valence-corrected chi connectivity index (χ4v) is 6.21. The molecule has 0 atom stereocenters. The summed E-state index contributed by atoms with van der Waals surface area (Å²) in [6.07, 6.45) is 1.91. The molecule has 0 aliphatic carbocycles. The van der Waals surface area contributed by atoms with Gasteiger partial charge in [-0.25, -0.2) is 9.97 Å². The van der Waals surface area contributed by atoms with Crippen molar-refractivity contribution in [2.75, 3.05) is 0 Å². The van der Waals surface area contributed by atoms with Crippen LogP contribution in [0.15, 0.2) is 83.4 Å². The van der Waals surface area contributed by atoms with Crippen LogP contribution in [0.4, 0.5) is 0 Å². The third-order valence-electron chi connectivity index (χ3n) is 8.81. The zero-order chi connectivity index (χ0) is 30.9. The zero-order valence-corrected chi connectivity index (χ0v) is 26.8. The zero-order valence-electron chi connectivity index (χ0n) is 26.8. The first kappa shape index (κ1) is 28.0. The molecule has 7 aromatic rings. The first-order chi connectivity index (χ1) is 21.0. The minimum absolute atomic E-state index is 0.136. The fourth-order valence-electron chi connectivity index (χ4n) is 6.21. The van der Waals surface area contributed by atoms with E-state index in [1.54, 1.807) is 0 Å². The van der Waals surface area contributed by atoms with Gasteiger partial charge in [0.05, 0.1) is 23.0 Å². The molecule has 0 spiro atoms. The Morgan fingerprint density at radius 2 is 1.57 bits per heavy atom. The highest BCUT2D eigenvalue weighted by atomic mass is 16.3. The summed E-state index contributed by atoms with van der Waals surface area (Å²) in [5.74, 6) is 1.12. The van der Waals surface area contributed by atoms with Gasteiger partial charge in [-0.3, -0.25) is 9.55 Å². The van der Waals surface area contributed by atoms with Crippen LogP contribution in [-0.2, 0) is 5.41 Å². The molecular formula is C39H38N4O. The number of pyridine rings is 2. The third kappa shape index (κ3) is 4.50. The van der Waals surface area contributed by atoms with Gasteiger partial charge in [0.25, 0.3) is 0 Å². The van der Waals surface area contributed by atoms with Gasteiger partial charge in [-0.2, -0.15) is 0 Å². The summed E-state index contributed by atoms with van der Waals surface area (Å²) in [5.41, 5.74) is 13.2. The molecule has 7 rings (SSSR count). The third-order valence-corrected chi connectivity index (χ3v) is 8.81. The Morgan fingerprint density at radius 3 is 2.30 bits per heavy atom.